The lowest BCUT2D eigenvalue weighted by Gasteiger charge is -2.21. The molecule has 10 heavy (non-hydrogen) atoms. The molecule has 0 aromatic carbocycles. The van der Waals surface area contributed by atoms with E-state index in [9.17, 15) is 5.21 Å². The summed E-state index contributed by atoms with van der Waals surface area (Å²) in [4.78, 5) is 0. The van der Waals surface area contributed by atoms with E-state index in [1.54, 1.807) is 6.08 Å². The summed E-state index contributed by atoms with van der Waals surface area (Å²) in [6.45, 7) is 0. The van der Waals surface area contributed by atoms with E-state index in [1.807, 2.05) is 12.2 Å². The molecule has 0 aromatic heterocycles. The van der Waals surface area contributed by atoms with Crippen molar-refractivity contribution in [2.75, 3.05) is 0 Å². The van der Waals surface area contributed by atoms with E-state index >= 15 is 0 Å². The number of halogens is 1. The summed E-state index contributed by atoms with van der Waals surface area (Å²) in [5.74, 6) is 0. The van der Waals surface area contributed by atoms with Crippen LogP contribution >= 0.6 is 22.6 Å². The minimum absolute atomic E-state index is 0.307. The summed E-state index contributed by atoms with van der Waals surface area (Å²) in [5, 5.41) is 18.2. The Morgan fingerprint density at radius 2 is 2.50 bits per heavy atom. The summed E-state index contributed by atoms with van der Waals surface area (Å²) in [6.07, 6.45) is 6.12. The second-order valence-electron chi connectivity index (χ2n) is 2.13. The zero-order valence-corrected chi connectivity index (χ0v) is 7.41. The van der Waals surface area contributed by atoms with E-state index in [0.29, 0.717) is 6.42 Å². The Morgan fingerprint density at radius 1 is 1.80 bits per heavy atom. The lowest BCUT2D eigenvalue weighted by atomic mass is 10.1. The zero-order valence-electron chi connectivity index (χ0n) is 5.25. The summed E-state index contributed by atoms with van der Waals surface area (Å²) >= 11 is 2.17. The number of quaternary nitrogens is 1. The van der Waals surface area contributed by atoms with Gasteiger partial charge in [-0.25, -0.2) is 10.4 Å². The first kappa shape index (κ1) is 8.19. The monoisotopic (exact) mass is 253 g/mol. The standard InChI is InChI=1S/C6H8INO2/c7-5-1-3-6(4-2-5)8(9)10/h1-3,6,8-9H,4H2. The van der Waals surface area contributed by atoms with Gasteiger partial charge < -0.3 is 5.21 Å². The van der Waals surface area contributed by atoms with Crippen LogP contribution in [0.1, 0.15) is 6.42 Å². The van der Waals surface area contributed by atoms with Crippen molar-refractivity contribution in [3.8, 4) is 0 Å². The van der Waals surface area contributed by atoms with Crippen LogP contribution in [0.15, 0.2) is 21.8 Å². The van der Waals surface area contributed by atoms with Gasteiger partial charge in [0, 0.05) is 10.0 Å². The molecule has 1 aliphatic carbocycles. The fourth-order valence-electron chi connectivity index (χ4n) is 0.777. The molecule has 1 aliphatic rings. The number of nitrogens with one attached hydrogen (secondary N) is 1. The first-order chi connectivity index (χ1) is 4.70. The fourth-order valence-corrected chi connectivity index (χ4v) is 1.24. The second-order valence-corrected chi connectivity index (χ2v) is 3.37. The van der Waals surface area contributed by atoms with Crippen molar-refractivity contribution < 1.29 is 10.4 Å². The maximum Gasteiger partial charge on any atom is 0.139 e. The van der Waals surface area contributed by atoms with E-state index in [-0.39, 0.29) is 6.04 Å². The average Bonchev–Trinajstić information content (AvgIpc) is 1.88. The van der Waals surface area contributed by atoms with Crippen LogP contribution in [-0.2, 0) is 0 Å². The van der Waals surface area contributed by atoms with Crippen molar-refractivity contribution in [1.29, 1.82) is 0 Å². The van der Waals surface area contributed by atoms with Gasteiger partial charge in [0.25, 0.3) is 0 Å². The van der Waals surface area contributed by atoms with Gasteiger partial charge in [0.05, 0.1) is 0 Å². The van der Waals surface area contributed by atoms with Gasteiger partial charge in [-0.2, -0.15) is 0 Å². The van der Waals surface area contributed by atoms with Crippen molar-refractivity contribution in [3.63, 3.8) is 0 Å². The predicted molar refractivity (Wildman–Crippen MR) is 45.8 cm³/mol. The van der Waals surface area contributed by atoms with Gasteiger partial charge in [0.15, 0.2) is 0 Å². The van der Waals surface area contributed by atoms with Crippen LogP contribution in [-0.4, -0.2) is 11.2 Å². The predicted octanol–water partition coefficient (Wildman–Crippen LogP) is 0.406. The molecule has 3 nitrogen and oxygen atoms in total. The second kappa shape index (κ2) is 3.47. The lowest BCUT2D eigenvalue weighted by Crippen LogP contribution is -3.08. The quantitative estimate of drug-likeness (QED) is 0.525. The highest BCUT2D eigenvalue weighted by molar-refractivity contribution is 14.1. The maximum absolute atomic E-state index is 10.4. The molecule has 0 aromatic rings. The van der Waals surface area contributed by atoms with Gasteiger partial charge in [-0.05, 0) is 34.7 Å². The van der Waals surface area contributed by atoms with Gasteiger partial charge in [-0.15, -0.1) is 0 Å². The number of rotatable bonds is 1. The van der Waals surface area contributed by atoms with E-state index in [2.05, 4.69) is 22.6 Å². The topological polar surface area (TPSA) is 47.7 Å². The van der Waals surface area contributed by atoms with Gasteiger partial charge in [-0.3, -0.25) is 0 Å². The van der Waals surface area contributed by atoms with Crippen LogP contribution in [0.3, 0.4) is 0 Å². The molecule has 0 saturated heterocycles. The summed E-state index contributed by atoms with van der Waals surface area (Å²) in [5.41, 5.74) is 0. The van der Waals surface area contributed by atoms with Crippen LogP contribution in [0.25, 0.3) is 0 Å². The van der Waals surface area contributed by atoms with Crippen LogP contribution < -0.4 is 5.23 Å². The van der Waals surface area contributed by atoms with Crippen LogP contribution in [0.4, 0.5) is 0 Å². The number of hydrogen-bond donors (Lipinski definition) is 2. The van der Waals surface area contributed by atoms with Crippen molar-refractivity contribution >= 4 is 22.6 Å². The SMILES string of the molecule is [O-][NH+](O)C1C=CC(I)=CC1. The number of allylic oxidation sites excluding steroid dienone is 2. The first-order valence-electron chi connectivity index (χ1n) is 2.97. The minimum Gasteiger partial charge on any atom is -0.600 e. The third kappa shape index (κ3) is 2.05. The van der Waals surface area contributed by atoms with Crippen molar-refractivity contribution in [2.24, 2.45) is 0 Å². The van der Waals surface area contributed by atoms with Gasteiger partial charge >= 0.3 is 0 Å². The Labute approximate surface area is 72.7 Å². The highest BCUT2D eigenvalue weighted by atomic mass is 127. The molecular weight excluding hydrogens is 245 g/mol. The van der Waals surface area contributed by atoms with Crippen molar-refractivity contribution in [1.82, 2.24) is 0 Å². The van der Waals surface area contributed by atoms with Crippen LogP contribution in [0, 0.1) is 5.21 Å². The molecule has 2 atom stereocenters. The van der Waals surface area contributed by atoms with Gasteiger partial charge in [0.2, 0.25) is 0 Å². The molecule has 0 bridgehead atoms. The molecule has 0 aliphatic heterocycles. The Bertz CT molecular complexity index is 177. The molecule has 2 N–H and O–H groups in total. The van der Waals surface area contributed by atoms with Crippen molar-refractivity contribution in [3.05, 3.63) is 27.0 Å². The largest absolute Gasteiger partial charge is 0.600 e. The Balaban J connectivity index is 2.52. The van der Waals surface area contributed by atoms with Gasteiger partial charge in [0.1, 0.15) is 6.04 Å². The van der Waals surface area contributed by atoms with E-state index in [0.717, 1.165) is 3.58 Å². The highest BCUT2D eigenvalue weighted by Crippen LogP contribution is 2.14. The molecule has 0 radical (unpaired) electrons. The molecule has 1 rings (SSSR count). The van der Waals surface area contributed by atoms with E-state index in [1.165, 1.54) is 0 Å². The summed E-state index contributed by atoms with van der Waals surface area (Å²) in [6, 6.07) is -0.307. The van der Waals surface area contributed by atoms with E-state index in [4.69, 9.17) is 5.21 Å². The lowest BCUT2D eigenvalue weighted by molar-refractivity contribution is -1.06. The summed E-state index contributed by atoms with van der Waals surface area (Å²) < 4.78 is 1.12. The minimum atomic E-state index is -0.739. The molecule has 4 heteroatoms. The zero-order chi connectivity index (χ0) is 7.56. The highest BCUT2D eigenvalue weighted by Gasteiger charge is 2.11. The third-order valence-corrected chi connectivity index (χ3v) is 2.17. The molecule has 2 unspecified atom stereocenters. The molecule has 0 saturated carbocycles. The fraction of sp³-hybridized carbons (Fsp3) is 0.333. The van der Waals surface area contributed by atoms with Crippen LogP contribution in [0.5, 0.6) is 0 Å². The van der Waals surface area contributed by atoms with E-state index < -0.39 is 5.23 Å². The maximum atomic E-state index is 10.4. The number of hydroxylamine groups is 2. The molecule has 0 spiro atoms. The van der Waals surface area contributed by atoms with Crippen molar-refractivity contribution in [2.45, 2.75) is 12.5 Å². The van der Waals surface area contributed by atoms with Crippen LogP contribution in [0.2, 0.25) is 0 Å². The molecule has 56 valence electrons. The normalized spacial score (nSPS) is 27.9. The van der Waals surface area contributed by atoms with Gasteiger partial charge in [-0.1, -0.05) is 6.08 Å². The average molecular weight is 253 g/mol. The molecule has 0 heterocycles. The smallest absolute Gasteiger partial charge is 0.139 e. The molecular formula is C6H8INO2. The Morgan fingerprint density at radius 3 is 2.90 bits per heavy atom. The molecule has 0 amide bonds. The Hall–Kier alpha value is 0.0900. The molecule has 0 fully saturated rings. The first-order valence-corrected chi connectivity index (χ1v) is 4.04. The number of hydrogen-bond acceptors (Lipinski definition) is 2. The summed E-state index contributed by atoms with van der Waals surface area (Å²) in [7, 11) is 0. The third-order valence-electron chi connectivity index (χ3n) is 1.37. The Kier molecular flexibility index (Phi) is 2.84.